The third-order valence-corrected chi connectivity index (χ3v) is 6.14. The minimum absolute atomic E-state index is 0.314. The Kier molecular flexibility index (Phi) is 7.75. The minimum atomic E-state index is -0.396. The van der Waals surface area contributed by atoms with Gasteiger partial charge in [-0.25, -0.2) is 4.79 Å². The van der Waals surface area contributed by atoms with Gasteiger partial charge in [0.25, 0.3) is 5.91 Å². The zero-order valence-electron chi connectivity index (χ0n) is 17.8. The van der Waals surface area contributed by atoms with E-state index in [4.69, 9.17) is 14.2 Å². The number of hydrogen-bond donors (Lipinski definition) is 0. The minimum Gasteiger partial charge on any atom is -0.497 e. The molecule has 3 rings (SSSR count). The Morgan fingerprint density at radius 3 is 2.39 bits per heavy atom. The molecule has 0 radical (unpaired) electrons. The third kappa shape index (κ3) is 5.29. The number of esters is 1. The van der Waals surface area contributed by atoms with Gasteiger partial charge in [-0.1, -0.05) is 11.3 Å². The number of methoxy groups -OCH3 is 2. The Morgan fingerprint density at radius 2 is 1.77 bits per heavy atom. The van der Waals surface area contributed by atoms with Crippen LogP contribution in [-0.4, -0.2) is 49.3 Å². The molecule has 7 nitrogen and oxygen atoms in total. The summed E-state index contributed by atoms with van der Waals surface area (Å²) in [7, 11) is 3.06. The number of carbonyl (C=O) groups is 2. The van der Waals surface area contributed by atoms with Crippen molar-refractivity contribution in [3.63, 3.8) is 0 Å². The maximum atomic E-state index is 12.9. The number of amides is 1. The van der Waals surface area contributed by atoms with Crippen molar-refractivity contribution in [3.05, 3.63) is 52.3 Å². The van der Waals surface area contributed by atoms with Crippen LogP contribution in [0.2, 0.25) is 0 Å². The number of ether oxygens (including phenoxy) is 3. The normalized spacial score (nSPS) is 11.5. The maximum Gasteiger partial charge on any atom is 0.338 e. The molecule has 0 atom stereocenters. The Bertz CT molecular complexity index is 1140. The van der Waals surface area contributed by atoms with Crippen LogP contribution >= 0.6 is 23.1 Å². The third-order valence-electron chi connectivity index (χ3n) is 4.51. The second kappa shape index (κ2) is 10.5. The molecule has 1 aromatic heterocycles. The first-order valence-corrected chi connectivity index (χ1v) is 11.8. The number of thiazole rings is 1. The van der Waals surface area contributed by atoms with Crippen LogP contribution in [0.3, 0.4) is 0 Å². The topological polar surface area (TPSA) is 79.1 Å². The van der Waals surface area contributed by atoms with E-state index in [9.17, 15) is 9.59 Å². The van der Waals surface area contributed by atoms with Gasteiger partial charge in [-0.05, 0) is 43.5 Å². The van der Waals surface area contributed by atoms with Crippen molar-refractivity contribution in [2.24, 2.45) is 4.99 Å². The summed E-state index contributed by atoms with van der Waals surface area (Å²) in [6, 6.07) is 10.4. The van der Waals surface area contributed by atoms with Crippen LogP contribution in [0, 0.1) is 0 Å². The highest BCUT2D eigenvalue weighted by atomic mass is 32.2. The first kappa shape index (κ1) is 22.9. The van der Waals surface area contributed by atoms with Crippen LogP contribution in [0.15, 0.2) is 41.4 Å². The summed E-state index contributed by atoms with van der Waals surface area (Å²) in [6.45, 7) is 2.77. The zero-order valence-corrected chi connectivity index (χ0v) is 19.5. The van der Waals surface area contributed by atoms with Crippen molar-refractivity contribution in [3.8, 4) is 11.5 Å². The predicted octanol–water partition coefficient (Wildman–Crippen LogP) is 4.00. The number of carbonyl (C=O) groups excluding carboxylic acids is 2. The standard InChI is InChI=1S/C22H24N2O5S2/c1-5-29-21(26)14-6-7-18-19(12-14)31-22(24(18)8-9-30-4)23-20(25)15-10-16(27-2)13-17(11-15)28-3/h6-7,10-13H,5,8-9H2,1-4H3. The molecule has 1 amide bonds. The first-order valence-electron chi connectivity index (χ1n) is 9.62. The maximum absolute atomic E-state index is 12.9. The average Bonchev–Trinajstić information content (AvgIpc) is 3.13. The lowest BCUT2D eigenvalue weighted by Gasteiger charge is -2.06. The number of aromatic nitrogens is 1. The van der Waals surface area contributed by atoms with Gasteiger partial charge in [0.15, 0.2) is 4.80 Å². The van der Waals surface area contributed by atoms with Gasteiger partial charge in [-0.3, -0.25) is 4.79 Å². The lowest BCUT2D eigenvalue weighted by Crippen LogP contribution is -2.18. The number of hydrogen-bond acceptors (Lipinski definition) is 7. The Labute approximate surface area is 188 Å². The molecule has 0 bridgehead atoms. The summed E-state index contributed by atoms with van der Waals surface area (Å²) in [5, 5.41) is 0. The number of benzene rings is 2. The molecule has 0 spiro atoms. The first-order chi connectivity index (χ1) is 15.0. The van der Waals surface area contributed by atoms with Gasteiger partial charge >= 0.3 is 5.97 Å². The number of thioether (sulfide) groups is 1. The van der Waals surface area contributed by atoms with Gasteiger partial charge in [-0.15, -0.1) is 0 Å². The highest BCUT2D eigenvalue weighted by Gasteiger charge is 2.14. The highest BCUT2D eigenvalue weighted by Crippen LogP contribution is 2.24. The fourth-order valence-corrected chi connectivity index (χ4v) is 4.44. The number of aryl methyl sites for hydroxylation is 1. The van der Waals surface area contributed by atoms with Crippen molar-refractivity contribution in [1.29, 1.82) is 0 Å². The Hall–Kier alpha value is -2.78. The SMILES string of the molecule is CCOC(=O)c1ccc2c(c1)sc(=NC(=O)c1cc(OC)cc(OC)c1)n2CCSC. The van der Waals surface area contributed by atoms with Gasteiger partial charge < -0.3 is 18.8 Å². The molecule has 0 aliphatic heterocycles. The van der Waals surface area contributed by atoms with E-state index in [1.165, 1.54) is 25.6 Å². The fraction of sp³-hybridized carbons (Fsp3) is 0.318. The molecule has 0 N–H and O–H groups in total. The molecule has 0 unspecified atom stereocenters. The lowest BCUT2D eigenvalue weighted by atomic mass is 10.2. The van der Waals surface area contributed by atoms with E-state index in [1.54, 1.807) is 49.0 Å². The number of fused-ring (bicyclic) bond motifs is 1. The van der Waals surface area contributed by atoms with Crippen molar-refractivity contribution >= 4 is 45.2 Å². The van der Waals surface area contributed by atoms with E-state index >= 15 is 0 Å². The zero-order chi connectivity index (χ0) is 22.4. The smallest absolute Gasteiger partial charge is 0.338 e. The van der Waals surface area contributed by atoms with Crippen molar-refractivity contribution in [1.82, 2.24) is 4.57 Å². The van der Waals surface area contributed by atoms with E-state index in [0.717, 1.165) is 16.0 Å². The molecule has 0 saturated heterocycles. The van der Waals surface area contributed by atoms with Crippen LogP contribution in [0.25, 0.3) is 10.2 Å². The largest absolute Gasteiger partial charge is 0.497 e. The molecule has 3 aromatic rings. The monoisotopic (exact) mass is 460 g/mol. The van der Waals surface area contributed by atoms with E-state index in [0.29, 0.717) is 40.6 Å². The lowest BCUT2D eigenvalue weighted by molar-refractivity contribution is 0.0526. The summed E-state index contributed by atoms with van der Waals surface area (Å²) >= 11 is 3.07. The highest BCUT2D eigenvalue weighted by molar-refractivity contribution is 7.98. The van der Waals surface area contributed by atoms with Gasteiger partial charge in [0.2, 0.25) is 0 Å². The van der Waals surface area contributed by atoms with Gasteiger partial charge in [0.05, 0.1) is 36.6 Å². The molecule has 0 saturated carbocycles. The van der Waals surface area contributed by atoms with Crippen LogP contribution < -0.4 is 14.3 Å². The average molecular weight is 461 g/mol. The van der Waals surface area contributed by atoms with E-state index in [2.05, 4.69) is 4.99 Å². The second-order valence-electron chi connectivity index (χ2n) is 6.45. The van der Waals surface area contributed by atoms with Gasteiger partial charge in [-0.2, -0.15) is 16.8 Å². The molecular weight excluding hydrogens is 436 g/mol. The molecule has 0 aliphatic rings. The number of rotatable bonds is 8. The summed E-state index contributed by atoms with van der Waals surface area (Å²) in [4.78, 5) is 30.0. The molecule has 0 aliphatic carbocycles. The second-order valence-corrected chi connectivity index (χ2v) is 8.45. The van der Waals surface area contributed by atoms with Crippen LogP contribution in [-0.2, 0) is 11.3 Å². The quantitative estimate of drug-likeness (QED) is 0.473. The summed E-state index contributed by atoms with van der Waals surface area (Å²) < 4.78 is 18.5. The Morgan fingerprint density at radius 1 is 1.06 bits per heavy atom. The number of nitrogens with zero attached hydrogens (tertiary/aromatic N) is 2. The summed E-state index contributed by atoms with van der Waals surface area (Å²) in [6.07, 6.45) is 2.03. The van der Waals surface area contributed by atoms with E-state index in [1.807, 2.05) is 16.9 Å². The van der Waals surface area contributed by atoms with Crippen LogP contribution in [0.5, 0.6) is 11.5 Å². The summed E-state index contributed by atoms with van der Waals surface area (Å²) in [5.74, 6) is 1.13. The molecule has 2 aromatic carbocycles. The molecule has 9 heteroatoms. The van der Waals surface area contributed by atoms with Crippen LogP contribution in [0.1, 0.15) is 27.6 Å². The van der Waals surface area contributed by atoms with Crippen molar-refractivity contribution in [2.45, 2.75) is 13.5 Å². The van der Waals surface area contributed by atoms with E-state index < -0.39 is 5.91 Å². The van der Waals surface area contributed by atoms with Crippen molar-refractivity contribution < 1.29 is 23.8 Å². The molecule has 164 valence electrons. The predicted molar refractivity (Wildman–Crippen MR) is 124 cm³/mol. The van der Waals surface area contributed by atoms with Crippen molar-refractivity contribution in [2.75, 3.05) is 32.8 Å². The van der Waals surface area contributed by atoms with E-state index in [-0.39, 0.29) is 5.97 Å². The molecule has 0 fully saturated rings. The summed E-state index contributed by atoms with van der Waals surface area (Å²) in [5.41, 5.74) is 1.77. The Balaban J connectivity index is 2.09. The molecule has 31 heavy (non-hydrogen) atoms. The molecule has 1 heterocycles. The van der Waals surface area contributed by atoms with Crippen LogP contribution in [0.4, 0.5) is 0 Å². The van der Waals surface area contributed by atoms with Gasteiger partial charge in [0, 0.05) is 23.9 Å². The molecular formula is C22H24N2O5S2. The van der Waals surface area contributed by atoms with Gasteiger partial charge in [0.1, 0.15) is 11.5 Å². The fourth-order valence-electron chi connectivity index (χ4n) is 2.98.